The lowest BCUT2D eigenvalue weighted by molar-refractivity contribution is 0.404. The van der Waals surface area contributed by atoms with Crippen molar-refractivity contribution < 1.29 is 0 Å². The van der Waals surface area contributed by atoms with Crippen LogP contribution in [-0.4, -0.2) is 5.66 Å². The quantitative estimate of drug-likeness (QED) is 0.533. The topological polar surface area (TPSA) is 38.0 Å². The average Bonchev–Trinajstić information content (AvgIpc) is 1.67. The smallest absolute Gasteiger partial charge is 0.0819 e. The largest absolute Gasteiger partial charge is 0.374 e. The summed E-state index contributed by atoms with van der Waals surface area (Å²) in [4.78, 5) is 0. The maximum Gasteiger partial charge on any atom is 0.0819 e. The SMILES string of the molecule is C=CNC(C)(N)CC. The van der Waals surface area contributed by atoms with Crippen LogP contribution in [0.25, 0.3) is 0 Å². The first-order valence-electron chi connectivity index (χ1n) is 2.80. The van der Waals surface area contributed by atoms with Crippen LogP contribution >= 0.6 is 0 Å². The van der Waals surface area contributed by atoms with Crippen LogP contribution in [0.2, 0.25) is 0 Å². The summed E-state index contributed by atoms with van der Waals surface area (Å²) >= 11 is 0. The Bertz CT molecular complexity index is 76.6. The van der Waals surface area contributed by atoms with E-state index in [1.165, 1.54) is 0 Å². The first-order valence-corrected chi connectivity index (χ1v) is 2.80. The molecule has 0 spiro atoms. The molecule has 0 aromatic carbocycles. The third-order valence-corrected chi connectivity index (χ3v) is 1.17. The molecule has 0 rings (SSSR count). The Labute approximate surface area is 50.8 Å². The van der Waals surface area contributed by atoms with Gasteiger partial charge < -0.3 is 11.1 Å². The van der Waals surface area contributed by atoms with Crippen molar-refractivity contribution in [2.45, 2.75) is 25.9 Å². The van der Waals surface area contributed by atoms with Crippen LogP contribution in [0.5, 0.6) is 0 Å². The van der Waals surface area contributed by atoms with Gasteiger partial charge in [0.1, 0.15) is 0 Å². The van der Waals surface area contributed by atoms with E-state index in [0.717, 1.165) is 6.42 Å². The van der Waals surface area contributed by atoms with E-state index >= 15 is 0 Å². The van der Waals surface area contributed by atoms with Crippen molar-refractivity contribution in [1.29, 1.82) is 0 Å². The minimum atomic E-state index is -0.276. The molecule has 0 aliphatic heterocycles. The summed E-state index contributed by atoms with van der Waals surface area (Å²) in [6, 6.07) is 0. The lowest BCUT2D eigenvalue weighted by atomic mass is 10.2. The fraction of sp³-hybridized carbons (Fsp3) is 0.667. The highest BCUT2D eigenvalue weighted by atomic mass is 15.1. The summed E-state index contributed by atoms with van der Waals surface area (Å²) < 4.78 is 0. The van der Waals surface area contributed by atoms with E-state index in [-0.39, 0.29) is 5.66 Å². The molecular formula is C6H14N2. The summed E-state index contributed by atoms with van der Waals surface area (Å²) in [5.41, 5.74) is 5.37. The number of nitrogens with two attached hydrogens (primary N) is 1. The zero-order valence-electron chi connectivity index (χ0n) is 5.57. The molecule has 0 amide bonds. The number of hydrogen-bond donors (Lipinski definition) is 2. The fourth-order valence-electron chi connectivity index (χ4n) is 0.335. The van der Waals surface area contributed by atoms with Crippen LogP contribution in [0, 0.1) is 0 Å². The third kappa shape index (κ3) is 2.64. The number of nitrogens with one attached hydrogen (secondary N) is 1. The third-order valence-electron chi connectivity index (χ3n) is 1.17. The zero-order valence-corrected chi connectivity index (χ0v) is 5.57. The zero-order chi connectivity index (χ0) is 6.62. The first-order chi connectivity index (χ1) is 3.62. The molecule has 2 nitrogen and oxygen atoms in total. The summed E-state index contributed by atoms with van der Waals surface area (Å²) in [6.07, 6.45) is 2.52. The molecule has 48 valence electrons. The molecule has 0 heterocycles. The Kier molecular flexibility index (Phi) is 2.55. The molecule has 0 aliphatic rings. The molecule has 0 aliphatic carbocycles. The van der Waals surface area contributed by atoms with E-state index in [1.807, 2.05) is 13.8 Å². The summed E-state index contributed by atoms with van der Waals surface area (Å²) in [5.74, 6) is 0. The predicted molar refractivity (Wildman–Crippen MR) is 36.2 cm³/mol. The molecule has 0 aromatic heterocycles. The molecule has 1 unspecified atom stereocenters. The van der Waals surface area contributed by atoms with Gasteiger partial charge in [-0.2, -0.15) is 0 Å². The molecule has 1 atom stereocenters. The van der Waals surface area contributed by atoms with E-state index in [1.54, 1.807) is 6.20 Å². The highest BCUT2D eigenvalue weighted by Crippen LogP contribution is 1.97. The maximum absolute atomic E-state index is 5.64. The minimum absolute atomic E-state index is 0.276. The van der Waals surface area contributed by atoms with E-state index in [2.05, 4.69) is 11.9 Å². The molecule has 3 N–H and O–H groups in total. The highest BCUT2D eigenvalue weighted by Gasteiger charge is 2.10. The minimum Gasteiger partial charge on any atom is -0.374 e. The van der Waals surface area contributed by atoms with E-state index < -0.39 is 0 Å². The molecule has 2 heteroatoms. The van der Waals surface area contributed by atoms with Gasteiger partial charge in [-0.15, -0.1) is 0 Å². The van der Waals surface area contributed by atoms with Gasteiger partial charge in [0.25, 0.3) is 0 Å². The van der Waals surface area contributed by atoms with Crippen molar-refractivity contribution >= 4 is 0 Å². The van der Waals surface area contributed by atoms with Crippen molar-refractivity contribution in [3.8, 4) is 0 Å². The second-order valence-electron chi connectivity index (χ2n) is 2.12. The second-order valence-corrected chi connectivity index (χ2v) is 2.12. The summed E-state index contributed by atoms with van der Waals surface area (Å²) in [6.45, 7) is 7.45. The Balaban J connectivity index is 3.53. The average molecular weight is 114 g/mol. The molecule has 8 heavy (non-hydrogen) atoms. The van der Waals surface area contributed by atoms with Crippen molar-refractivity contribution in [2.24, 2.45) is 5.73 Å². The molecule has 0 radical (unpaired) electrons. The summed E-state index contributed by atoms with van der Waals surface area (Å²) in [5, 5.41) is 2.91. The van der Waals surface area contributed by atoms with Gasteiger partial charge in [-0.1, -0.05) is 13.5 Å². The van der Waals surface area contributed by atoms with E-state index in [4.69, 9.17) is 5.73 Å². The Morgan fingerprint density at radius 2 is 2.38 bits per heavy atom. The van der Waals surface area contributed by atoms with Crippen LogP contribution in [0.1, 0.15) is 20.3 Å². The van der Waals surface area contributed by atoms with Crippen molar-refractivity contribution in [2.75, 3.05) is 0 Å². The molecule has 0 saturated heterocycles. The van der Waals surface area contributed by atoms with Gasteiger partial charge in [0.2, 0.25) is 0 Å². The van der Waals surface area contributed by atoms with Gasteiger partial charge in [-0.3, -0.25) is 0 Å². The van der Waals surface area contributed by atoms with Gasteiger partial charge >= 0.3 is 0 Å². The Morgan fingerprint density at radius 1 is 1.88 bits per heavy atom. The summed E-state index contributed by atoms with van der Waals surface area (Å²) in [7, 11) is 0. The van der Waals surface area contributed by atoms with Crippen molar-refractivity contribution in [3.05, 3.63) is 12.8 Å². The highest BCUT2D eigenvalue weighted by molar-refractivity contribution is 4.79. The lowest BCUT2D eigenvalue weighted by Gasteiger charge is -2.22. The second kappa shape index (κ2) is 2.72. The van der Waals surface area contributed by atoms with Gasteiger partial charge in [0.15, 0.2) is 0 Å². The van der Waals surface area contributed by atoms with Crippen molar-refractivity contribution in [1.82, 2.24) is 5.32 Å². The molecule has 0 fully saturated rings. The molecule has 0 aromatic rings. The van der Waals surface area contributed by atoms with Crippen LogP contribution in [0.15, 0.2) is 12.8 Å². The van der Waals surface area contributed by atoms with Crippen LogP contribution in [0.4, 0.5) is 0 Å². The molecule has 0 bridgehead atoms. The normalized spacial score (nSPS) is 16.9. The molecular weight excluding hydrogens is 100 g/mol. The lowest BCUT2D eigenvalue weighted by Crippen LogP contribution is -2.47. The van der Waals surface area contributed by atoms with E-state index in [0.29, 0.717) is 0 Å². The van der Waals surface area contributed by atoms with Gasteiger partial charge in [0, 0.05) is 0 Å². The fourth-order valence-corrected chi connectivity index (χ4v) is 0.335. The first kappa shape index (κ1) is 7.50. The van der Waals surface area contributed by atoms with Gasteiger partial charge in [0.05, 0.1) is 5.66 Å². The van der Waals surface area contributed by atoms with Gasteiger partial charge in [-0.05, 0) is 19.5 Å². The van der Waals surface area contributed by atoms with Crippen LogP contribution < -0.4 is 11.1 Å². The maximum atomic E-state index is 5.64. The van der Waals surface area contributed by atoms with Crippen molar-refractivity contribution in [3.63, 3.8) is 0 Å². The van der Waals surface area contributed by atoms with Crippen LogP contribution in [0.3, 0.4) is 0 Å². The monoisotopic (exact) mass is 114 g/mol. The molecule has 0 saturated carbocycles. The Morgan fingerprint density at radius 3 is 2.50 bits per heavy atom. The van der Waals surface area contributed by atoms with Gasteiger partial charge in [-0.25, -0.2) is 0 Å². The van der Waals surface area contributed by atoms with Crippen LogP contribution in [-0.2, 0) is 0 Å². The number of hydrogen-bond acceptors (Lipinski definition) is 2. The van der Waals surface area contributed by atoms with E-state index in [9.17, 15) is 0 Å². The number of rotatable bonds is 3. The Hall–Kier alpha value is -0.500. The standard InChI is InChI=1S/C6H14N2/c1-4-6(3,7)8-5-2/h5,8H,2,4,7H2,1,3H3. The predicted octanol–water partition coefficient (Wildman–Crippen LogP) is 0.804.